The van der Waals surface area contributed by atoms with Gasteiger partial charge in [-0.15, -0.1) is 0 Å². The fraction of sp³-hybridized carbons (Fsp3) is 0.429. The summed E-state index contributed by atoms with van der Waals surface area (Å²) in [6.45, 7) is 5.83. The van der Waals surface area contributed by atoms with Crippen LogP contribution >= 0.6 is 0 Å². The first-order valence-electron chi connectivity index (χ1n) is 9.87. The summed E-state index contributed by atoms with van der Waals surface area (Å²) >= 11 is 0. The molecule has 8 heteroatoms. The van der Waals surface area contributed by atoms with Gasteiger partial charge in [-0.1, -0.05) is 18.2 Å². The van der Waals surface area contributed by atoms with Crippen LogP contribution in [0.5, 0.6) is 0 Å². The van der Waals surface area contributed by atoms with Gasteiger partial charge in [0.25, 0.3) is 10.0 Å². The molecule has 2 aliphatic rings. The minimum Gasteiger partial charge on any atom is -0.270 e. The normalized spacial score (nSPS) is 21.3. The average Bonchev–Trinajstić information content (AvgIpc) is 2.96. The number of para-hydroxylation sites is 1. The van der Waals surface area contributed by atoms with Gasteiger partial charge in [-0.3, -0.25) is 8.61 Å². The summed E-state index contributed by atoms with van der Waals surface area (Å²) in [5.41, 5.74) is 3.43. The van der Waals surface area contributed by atoms with Crippen molar-refractivity contribution in [3.63, 3.8) is 0 Å². The third-order valence-corrected chi connectivity index (χ3v) is 9.85. The van der Waals surface area contributed by atoms with Crippen LogP contribution < -0.4 is 8.61 Å². The van der Waals surface area contributed by atoms with E-state index in [-0.39, 0.29) is 16.7 Å². The molecule has 0 spiro atoms. The van der Waals surface area contributed by atoms with Crippen molar-refractivity contribution in [2.24, 2.45) is 0 Å². The number of hydrogen-bond acceptors (Lipinski definition) is 4. The van der Waals surface area contributed by atoms with Crippen LogP contribution in [0.4, 0.5) is 11.4 Å². The summed E-state index contributed by atoms with van der Waals surface area (Å²) in [7, 11) is -7.12. The smallest absolute Gasteiger partial charge is 0.265 e. The molecule has 0 radical (unpaired) electrons. The lowest BCUT2D eigenvalue weighted by molar-refractivity contribution is 0.574. The molecule has 6 nitrogen and oxygen atoms in total. The maximum absolute atomic E-state index is 13.7. The molecule has 1 atom stereocenters. The first kappa shape index (κ1) is 20.2. The standard InChI is InChI=1S/C21H26N2O4S2/c1-15-12-19(22-10-6-7-11-28(22,24)25)13-16(2)21(15)29(26,27)23-17(3)14-18-8-4-5-9-20(18)23/h4-5,8-9,12-13,17H,6-7,10-11,14H2,1-3H3. The zero-order valence-electron chi connectivity index (χ0n) is 16.9. The molecule has 1 fully saturated rings. The molecule has 0 saturated carbocycles. The number of benzene rings is 2. The zero-order chi connectivity index (χ0) is 21.0. The third kappa shape index (κ3) is 3.32. The lowest BCUT2D eigenvalue weighted by Crippen LogP contribution is -2.38. The average molecular weight is 435 g/mol. The largest absolute Gasteiger partial charge is 0.270 e. The minimum absolute atomic E-state index is 0.132. The van der Waals surface area contributed by atoms with Crippen molar-refractivity contribution in [3.05, 3.63) is 53.1 Å². The highest BCUT2D eigenvalue weighted by atomic mass is 32.2. The van der Waals surface area contributed by atoms with Crippen LogP contribution in [0.25, 0.3) is 0 Å². The van der Waals surface area contributed by atoms with Gasteiger partial charge in [-0.05, 0) is 74.9 Å². The predicted molar refractivity (Wildman–Crippen MR) is 116 cm³/mol. The van der Waals surface area contributed by atoms with Gasteiger partial charge in [-0.2, -0.15) is 0 Å². The van der Waals surface area contributed by atoms with E-state index in [9.17, 15) is 16.8 Å². The minimum atomic E-state index is -3.77. The fourth-order valence-electron chi connectivity index (χ4n) is 4.56. The van der Waals surface area contributed by atoms with Gasteiger partial charge >= 0.3 is 0 Å². The molecule has 156 valence electrons. The van der Waals surface area contributed by atoms with E-state index in [4.69, 9.17) is 0 Å². The van der Waals surface area contributed by atoms with Crippen LogP contribution in [0.3, 0.4) is 0 Å². The van der Waals surface area contributed by atoms with Gasteiger partial charge < -0.3 is 0 Å². The summed E-state index contributed by atoms with van der Waals surface area (Å²) < 4.78 is 55.2. The summed E-state index contributed by atoms with van der Waals surface area (Å²) in [6, 6.07) is 10.8. The highest BCUT2D eigenvalue weighted by Gasteiger charge is 2.38. The van der Waals surface area contributed by atoms with E-state index in [2.05, 4.69) is 0 Å². The Hall–Kier alpha value is -2.06. The number of aryl methyl sites for hydroxylation is 2. The second-order valence-electron chi connectivity index (χ2n) is 7.99. The van der Waals surface area contributed by atoms with Gasteiger partial charge in [0.1, 0.15) is 0 Å². The van der Waals surface area contributed by atoms with E-state index in [1.807, 2.05) is 31.2 Å². The quantitative estimate of drug-likeness (QED) is 0.742. The van der Waals surface area contributed by atoms with Crippen molar-refractivity contribution >= 4 is 31.4 Å². The number of anilines is 2. The number of sulfonamides is 2. The van der Waals surface area contributed by atoms with Crippen molar-refractivity contribution in [1.82, 2.24) is 0 Å². The van der Waals surface area contributed by atoms with Gasteiger partial charge in [0.2, 0.25) is 10.0 Å². The molecular weight excluding hydrogens is 408 g/mol. The van der Waals surface area contributed by atoms with Crippen LogP contribution in [-0.2, 0) is 26.5 Å². The number of hydrogen-bond donors (Lipinski definition) is 0. The number of fused-ring (bicyclic) bond motifs is 1. The van der Waals surface area contributed by atoms with Crippen molar-refractivity contribution in [2.45, 2.75) is 51.0 Å². The molecule has 29 heavy (non-hydrogen) atoms. The molecule has 0 aliphatic carbocycles. The van der Waals surface area contributed by atoms with Crippen LogP contribution in [0.15, 0.2) is 41.3 Å². The fourth-order valence-corrected chi connectivity index (χ4v) is 8.30. The summed E-state index contributed by atoms with van der Waals surface area (Å²) in [4.78, 5) is 0.263. The lowest BCUT2D eigenvalue weighted by atomic mass is 10.1. The first-order valence-corrected chi connectivity index (χ1v) is 12.9. The zero-order valence-corrected chi connectivity index (χ0v) is 18.6. The van der Waals surface area contributed by atoms with E-state index in [1.165, 1.54) is 8.61 Å². The van der Waals surface area contributed by atoms with Gasteiger partial charge in [0.15, 0.2) is 0 Å². The SMILES string of the molecule is Cc1cc(N2CCCCS2(=O)=O)cc(C)c1S(=O)(=O)N1c2ccccc2CC1C. The van der Waals surface area contributed by atoms with Crippen LogP contribution in [0, 0.1) is 13.8 Å². The Morgan fingerprint density at radius 2 is 1.69 bits per heavy atom. The van der Waals surface area contributed by atoms with Crippen LogP contribution in [0.2, 0.25) is 0 Å². The van der Waals surface area contributed by atoms with Crippen molar-refractivity contribution < 1.29 is 16.8 Å². The highest BCUT2D eigenvalue weighted by molar-refractivity contribution is 7.93. The number of nitrogens with zero attached hydrogens (tertiary/aromatic N) is 2. The molecule has 0 amide bonds. The maximum atomic E-state index is 13.7. The first-order chi connectivity index (χ1) is 13.6. The van der Waals surface area contributed by atoms with Gasteiger partial charge in [0.05, 0.1) is 22.0 Å². The summed E-state index contributed by atoms with van der Waals surface area (Å²) in [6.07, 6.45) is 2.15. The highest BCUT2D eigenvalue weighted by Crippen LogP contribution is 2.39. The molecule has 0 bridgehead atoms. The summed E-state index contributed by atoms with van der Waals surface area (Å²) in [5, 5.41) is 0. The molecule has 2 aromatic rings. The van der Waals surface area contributed by atoms with Crippen LogP contribution in [-0.4, -0.2) is 35.2 Å². The molecule has 0 aromatic heterocycles. The molecular formula is C21H26N2O4S2. The second kappa shape index (κ2) is 7.02. The Kier molecular flexibility index (Phi) is 4.90. The van der Waals surface area contributed by atoms with Gasteiger partial charge in [0, 0.05) is 12.6 Å². The van der Waals surface area contributed by atoms with Crippen molar-refractivity contribution in [1.29, 1.82) is 0 Å². The Bertz CT molecular complexity index is 1150. The molecule has 1 unspecified atom stereocenters. The Balaban J connectivity index is 1.80. The van der Waals surface area contributed by atoms with Gasteiger partial charge in [-0.25, -0.2) is 16.8 Å². The molecule has 1 saturated heterocycles. The van der Waals surface area contributed by atoms with Crippen LogP contribution in [0.1, 0.15) is 36.5 Å². The Labute approximate surface area is 173 Å². The lowest BCUT2D eigenvalue weighted by Gasteiger charge is -2.30. The maximum Gasteiger partial charge on any atom is 0.265 e. The molecule has 2 aromatic carbocycles. The molecule has 4 rings (SSSR count). The predicted octanol–water partition coefficient (Wildman–Crippen LogP) is 3.37. The van der Waals surface area contributed by atoms with Crippen molar-refractivity contribution in [3.8, 4) is 0 Å². The van der Waals surface area contributed by atoms with E-state index in [1.54, 1.807) is 26.0 Å². The number of rotatable bonds is 3. The topological polar surface area (TPSA) is 74.8 Å². The Morgan fingerprint density at radius 1 is 1.03 bits per heavy atom. The second-order valence-corrected chi connectivity index (χ2v) is 11.8. The van der Waals surface area contributed by atoms with E-state index < -0.39 is 20.0 Å². The Morgan fingerprint density at radius 3 is 2.34 bits per heavy atom. The van der Waals surface area contributed by atoms with Crippen molar-refractivity contribution in [2.75, 3.05) is 20.9 Å². The summed E-state index contributed by atoms with van der Waals surface area (Å²) in [5.74, 6) is 0.132. The molecule has 0 N–H and O–H groups in total. The molecule has 2 heterocycles. The monoisotopic (exact) mass is 434 g/mol. The van der Waals surface area contributed by atoms with E-state index in [0.29, 0.717) is 36.2 Å². The van der Waals surface area contributed by atoms with E-state index in [0.717, 1.165) is 17.7 Å². The van der Waals surface area contributed by atoms with E-state index >= 15 is 0 Å². The third-order valence-electron chi connectivity index (χ3n) is 5.74. The molecule has 2 aliphatic heterocycles.